The maximum Gasteiger partial charge on any atom is 0.119 e. The Morgan fingerprint density at radius 2 is 2.27 bits per heavy atom. The van der Waals surface area contributed by atoms with Gasteiger partial charge in [-0.25, -0.2) is 0 Å². The van der Waals surface area contributed by atoms with Gasteiger partial charge in [0.25, 0.3) is 0 Å². The summed E-state index contributed by atoms with van der Waals surface area (Å²) in [5.74, 6) is 0.867. The monoisotopic (exact) mass is 204 g/mol. The number of rotatable bonds is 3. The number of H-pyrrole nitrogens is 1. The fraction of sp³-hybridized carbons (Fsp3) is 0.333. The molecule has 15 heavy (non-hydrogen) atoms. The highest BCUT2D eigenvalue weighted by Crippen LogP contribution is 2.27. The lowest BCUT2D eigenvalue weighted by Gasteiger charge is -2.07. The molecule has 80 valence electrons. The molecule has 0 fully saturated rings. The maximum atomic E-state index is 6.04. The molecular formula is C12H16N2O. The van der Waals surface area contributed by atoms with Crippen molar-refractivity contribution in [2.75, 3.05) is 7.11 Å². The minimum absolute atomic E-state index is 0.0888. The van der Waals surface area contributed by atoms with Crippen LogP contribution in [0.5, 0.6) is 5.75 Å². The number of nitrogens with one attached hydrogen (secondary N) is 1. The van der Waals surface area contributed by atoms with Gasteiger partial charge in [-0.1, -0.05) is 6.92 Å². The third-order valence-corrected chi connectivity index (χ3v) is 2.76. The molecule has 0 unspecified atom stereocenters. The SMILES string of the molecule is CC[C@@H](N)c1c[nH]c2ccc(OC)cc12. The van der Waals surface area contributed by atoms with Gasteiger partial charge in [-0.05, 0) is 30.2 Å². The van der Waals surface area contributed by atoms with Crippen molar-refractivity contribution in [2.45, 2.75) is 19.4 Å². The fourth-order valence-electron chi connectivity index (χ4n) is 1.77. The molecular weight excluding hydrogens is 188 g/mol. The molecule has 1 atom stereocenters. The van der Waals surface area contributed by atoms with Gasteiger partial charge in [0.05, 0.1) is 7.11 Å². The Kier molecular flexibility index (Phi) is 2.64. The van der Waals surface area contributed by atoms with Gasteiger partial charge in [-0.2, -0.15) is 0 Å². The molecule has 0 radical (unpaired) electrons. The summed E-state index contributed by atoms with van der Waals surface area (Å²) in [6.07, 6.45) is 2.92. The number of aromatic amines is 1. The molecule has 1 aromatic heterocycles. The van der Waals surface area contributed by atoms with Gasteiger partial charge in [0.15, 0.2) is 0 Å². The Hall–Kier alpha value is -1.48. The van der Waals surface area contributed by atoms with Gasteiger partial charge >= 0.3 is 0 Å². The van der Waals surface area contributed by atoms with Crippen molar-refractivity contribution in [1.29, 1.82) is 0 Å². The summed E-state index contributed by atoms with van der Waals surface area (Å²) in [5.41, 5.74) is 8.30. The molecule has 3 heteroatoms. The van der Waals surface area contributed by atoms with Crippen LogP contribution in [-0.4, -0.2) is 12.1 Å². The van der Waals surface area contributed by atoms with E-state index in [4.69, 9.17) is 10.5 Å². The first-order chi connectivity index (χ1) is 7.26. The first-order valence-electron chi connectivity index (χ1n) is 5.17. The van der Waals surface area contributed by atoms with E-state index in [-0.39, 0.29) is 6.04 Å². The van der Waals surface area contributed by atoms with Crippen LogP contribution in [0.25, 0.3) is 10.9 Å². The van der Waals surface area contributed by atoms with E-state index in [1.54, 1.807) is 7.11 Å². The molecule has 2 aromatic rings. The van der Waals surface area contributed by atoms with E-state index in [9.17, 15) is 0 Å². The predicted octanol–water partition coefficient (Wildman–Crippen LogP) is 2.59. The molecule has 0 saturated heterocycles. The lowest BCUT2D eigenvalue weighted by molar-refractivity contribution is 0.415. The zero-order chi connectivity index (χ0) is 10.8. The van der Waals surface area contributed by atoms with Crippen LogP contribution in [0.1, 0.15) is 24.9 Å². The second-order valence-corrected chi connectivity index (χ2v) is 3.67. The Bertz CT molecular complexity index is 462. The molecule has 0 spiro atoms. The molecule has 1 aromatic carbocycles. The van der Waals surface area contributed by atoms with Crippen molar-refractivity contribution < 1.29 is 4.74 Å². The Morgan fingerprint density at radius 1 is 1.47 bits per heavy atom. The number of ether oxygens (including phenoxy) is 1. The zero-order valence-electron chi connectivity index (χ0n) is 9.08. The number of nitrogens with two attached hydrogens (primary N) is 1. The van der Waals surface area contributed by atoms with E-state index in [0.717, 1.165) is 28.6 Å². The summed E-state index contributed by atoms with van der Waals surface area (Å²) in [6, 6.07) is 6.07. The van der Waals surface area contributed by atoms with Gasteiger partial charge in [0, 0.05) is 23.1 Å². The van der Waals surface area contributed by atoms with E-state index in [1.165, 1.54) is 0 Å². The zero-order valence-corrected chi connectivity index (χ0v) is 9.08. The third kappa shape index (κ3) is 1.70. The molecule has 0 amide bonds. The number of benzene rings is 1. The number of hydrogen-bond acceptors (Lipinski definition) is 2. The predicted molar refractivity (Wildman–Crippen MR) is 62.1 cm³/mol. The van der Waals surface area contributed by atoms with Crippen LogP contribution in [0.3, 0.4) is 0 Å². The second kappa shape index (κ2) is 3.95. The van der Waals surface area contributed by atoms with Gasteiger partial charge in [0.1, 0.15) is 5.75 Å². The quantitative estimate of drug-likeness (QED) is 0.807. The smallest absolute Gasteiger partial charge is 0.119 e. The number of methoxy groups -OCH3 is 1. The van der Waals surface area contributed by atoms with E-state index in [1.807, 2.05) is 24.4 Å². The minimum Gasteiger partial charge on any atom is -0.497 e. The molecule has 0 aliphatic heterocycles. The van der Waals surface area contributed by atoms with Crippen LogP contribution in [0.2, 0.25) is 0 Å². The fourth-order valence-corrected chi connectivity index (χ4v) is 1.77. The van der Waals surface area contributed by atoms with Gasteiger partial charge in [-0.3, -0.25) is 0 Å². The van der Waals surface area contributed by atoms with Crippen LogP contribution in [0.4, 0.5) is 0 Å². The summed E-state index contributed by atoms with van der Waals surface area (Å²) >= 11 is 0. The van der Waals surface area contributed by atoms with Crippen LogP contribution < -0.4 is 10.5 Å². The Balaban J connectivity index is 2.56. The number of aromatic nitrogens is 1. The summed E-state index contributed by atoms with van der Waals surface area (Å²) in [5, 5.41) is 1.16. The average molecular weight is 204 g/mol. The Labute approximate surface area is 89.2 Å². The number of fused-ring (bicyclic) bond motifs is 1. The summed E-state index contributed by atoms with van der Waals surface area (Å²) in [7, 11) is 1.67. The van der Waals surface area contributed by atoms with E-state index < -0.39 is 0 Å². The molecule has 2 rings (SSSR count). The topological polar surface area (TPSA) is 51.0 Å². The third-order valence-electron chi connectivity index (χ3n) is 2.76. The average Bonchev–Trinajstić information content (AvgIpc) is 2.70. The molecule has 0 bridgehead atoms. The van der Waals surface area contributed by atoms with E-state index in [0.29, 0.717) is 0 Å². The van der Waals surface area contributed by atoms with Crippen molar-refractivity contribution in [3.05, 3.63) is 30.0 Å². The normalized spacial score (nSPS) is 13.0. The first kappa shape index (κ1) is 10.1. The lowest BCUT2D eigenvalue weighted by Crippen LogP contribution is -2.07. The molecule has 3 nitrogen and oxygen atoms in total. The minimum atomic E-state index is 0.0888. The largest absolute Gasteiger partial charge is 0.497 e. The van der Waals surface area contributed by atoms with E-state index in [2.05, 4.69) is 11.9 Å². The van der Waals surface area contributed by atoms with Crippen molar-refractivity contribution >= 4 is 10.9 Å². The van der Waals surface area contributed by atoms with Crippen molar-refractivity contribution in [1.82, 2.24) is 4.98 Å². The lowest BCUT2D eigenvalue weighted by atomic mass is 10.0. The maximum absolute atomic E-state index is 6.04. The standard InChI is InChI=1S/C12H16N2O/c1-3-11(13)10-7-14-12-5-4-8(15-2)6-9(10)12/h4-7,11,14H,3,13H2,1-2H3/t11-/m1/s1. The molecule has 3 N–H and O–H groups in total. The van der Waals surface area contributed by atoms with E-state index >= 15 is 0 Å². The van der Waals surface area contributed by atoms with Crippen molar-refractivity contribution in [3.8, 4) is 5.75 Å². The molecule has 0 aliphatic rings. The highest BCUT2D eigenvalue weighted by atomic mass is 16.5. The van der Waals surface area contributed by atoms with Gasteiger partial charge in [-0.15, -0.1) is 0 Å². The summed E-state index contributed by atoms with van der Waals surface area (Å²) < 4.78 is 5.21. The Morgan fingerprint density at radius 3 is 2.93 bits per heavy atom. The van der Waals surface area contributed by atoms with Crippen LogP contribution >= 0.6 is 0 Å². The highest BCUT2D eigenvalue weighted by Gasteiger charge is 2.10. The van der Waals surface area contributed by atoms with Crippen molar-refractivity contribution in [3.63, 3.8) is 0 Å². The highest BCUT2D eigenvalue weighted by molar-refractivity contribution is 5.85. The van der Waals surface area contributed by atoms with Crippen LogP contribution in [-0.2, 0) is 0 Å². The molecule has 0 aliphatic carbocycles. The second-order valence-electron chi connectivity index (χ2n) is 3.67. The van der Waals surface area contributed by atoms with Crippen LogP contribution in [0, 0.1) is 0 Å². The summed E-state index contributed by atoms with van der Waals surface area (Å²) in [4.78, 5) is 3.22. The molecule has 1 heterocycles. The first-order valence-corrected chi connectivity index (χ1v) is 5.17. The van der Waals surface area contributed by atoms with Crippen molar-refractivity contribution in [2.24, 2.45) is 5.73 Å². The number of hydrogen-bond donors (Lipinski definition) is 2. The molecule has 0 saturated carbocycles. The van der Waals surface area contributed by atoms with Crippen LogP contribution in [0.15, 0.2) is 24.4 Å². The van der Waals surface area contributed by atoms with Gasteiger partial charge in [0.2, 0.25) is 0 Å². The summed E-state index contributed by atoms with van der Waals surface area (Å²) in [6.45, 7) is 2.09. The van der Waals surface area contributed by atoms with Gasteiger partial charge < -0.3 is 15.5 Å².